The van der Waals surface area contributed by atoms with Crippen molar-refractivity contribution in [2.75, 3.05) is 13.2 Å². The number of esters is 3. The Bertz CT molecular complexity index is 1400. The highest BCUT2D eigenvalue weighted by Crippen LogP contribution is 2.19. The van der Waals surface area contributed by atoms with Gasteiger partial charge < -0.3 is 14.2 Å². The maximum absolute atomic E-state index is 13.0. The third-order valence-corrected chi connectivity index (χ3v) is 16.3. The largest absolute Gasteiger partial charge is 0.462 e. The Morgan fingerprint density at radius 3 is 0.753 bits per heavy atom. The summed E-state index contributed by atoms with van der Waals surface area (Å²) in [6, 6.07) is 0. The second-order valence-electron chi connectivity index (χ2n) is 24.5. The third kappa shape index (κ3) is 68.0. The molecule has 0 rings (SSSR count). The highest BCUT2D eigenvalue weighted by atomic mass is 16.6. The third-order valence-electron chi connectivity index (χ3n) is 16.3. The van der Waals surface area contributed by atoms with Crippen LogP contribution in [0.4, 0.5) is 0 Å². The van der Waals surface area contributed by atoms with Gasteiger partial charge in [-0.25, -0.2) is 0 Å². The topological polar surface area (TPSA) is 78.9 Å². The number of hydrogen-bond donors (Lipinski definition) is 0. The van der Waals surface area contributed by atoms with E-state index >= 15 is 0 Å². The Hall–Kier alpha value is -2.63. The van der Waals surface area contributed by atoms with Gasteiger partial charge in [-0.15, -0.1) is 0 Å². The van der Waals surface area contributed by atoms with Crippen molar-refractivity contribution in [3.63, 3.8) is 0 Å². The van der Waals surface area contributed by atoms with Gasteiger partial charge in [-0.3, -0.25) is 14.4 Å². The van der Waals surface area contributed by atoms with E-state index in [1.807, 2.05) is 0 Å². The normalized spacial score (nSPS) is 12.3. The summed E-state index contributed by atoms with van der Waals surface area (Å²) in [4.78, 5) is 38.5. The molecule has 0 N–H and O–H groups in total. The summed E-state index contributed by atoms with van der Waals surface area (Å²) in [6.45, 7) is 6.59. The molecule has 474 valence electrons. The Morgan fingerprint density at radius 1 is 0.259 bits per heavy atom. The van der Waals surface area contributed by atoms with Crippen molar-refractivity contribution in [3.05, 3.63) is 48.6 Å². The molecule has 0 saturated carbocycles. The van der Waals surface area contributed by atoms with Gasteiger partial charge in [0.15, 0.2) is 6.10 Å². The van der Waals surface area contributed by atoms with Gasteiger partial charge in [0.05, 0.1) is 0 Å². The molecule has 6 nitrogen and oxygen atoms in total. The van der Waals surface area contributed by atoms with E-state index in [4.69, 9.17) is 14.2 Å². The molecule has 1 atom stereocenters. The molecule has 0 bridgehead atoms. The summed E-state index contributed by atoms with van der Waals surface area (Å²) in [6.07, 6.45) is 88.6. The van der Waals surface area contributed by atoms with Gasteiger partial charge in [-0.1, -0.05) is 365 Å². The van der Waals surface area contributed by atoms with Crippen LogP contribution < -0.4 is 0 Å². The summed E-state index contributed by atoms with van der Waals surface area (Å²) in [7, 11) is 0. The molecule has 0 radical (unpaired) electrons. The van der Waals surface area contributed by atoms with Crippen molar-refractivity contribution in [2.45, 2.75) is 399 Å². The maximum atomic E-state index is 13.0. The van der Waals surface area contributed by atoms with E-state index < -0.39 is 6.10 Å². The van der Waals surface area contributed by atoms with Crippen molar-refractivity contribution in [1.82, 2.24) is 0 Å². The molecule has 0 heterocycles. The zero-order valence-electron chi connectivity index (χ0n) is 54.6. The molecule has 0 fully saturated rings. The molecule has 0 spiro atoms. The standard InChI is InChI=1S/C75H138O6/c1-4-7-10-13-16-19-22-25-28-31-33-35-37-39-41-44-47-50-53-56-59-62-65-68-74(77)80-71-72(70-79-73(76)67-64-61-58-55-52-49-46-43-30-27-24-21-18-15-12-9-6-3)81-75(78)69-66-63-60-57-54-51-48-45-42-40-38-36-34-32-29-26-23-20-17-14-11-8-5-2/h9,12,18,21,27,30,46,49,72H,4-8,10-11,13-17,19-20,22-26,28-29,31-45,47-48,50-71H2,1-3H3/b12-9-,21-18-,30-27-,49-46-. The molecule has 0 aliphatic rings. The molecular formula is C75H138O6. The monoisotopic (exact) mass is 1140 g/mol. The van der Waals surface area contributed by atoms with Crippen LogP contribution in [0.15, 0.2) is 48.6 Å². The molecule has 6 heteroatoms. The Morgan fingerprint density at radius 2 is 0.481 bits per heavy atom. The van der Waals surface area contributed by atoms with E-state index in [0.29, 0.717) is 19.3 Å². The molecule has 1 unspecified atom stereocenters. The number of allylic oxidation sites excluding steroid dienone is 8. The Kier molecular flexibility index (Phi) is 67.6. The van der Waals surface area contributed by atoms with Crippen molar-refractivity contribution in [1.29, 1.82) is 0 Å². The lowest BCUT2D eigenvalue weighted by molar-refractivity contribution is -0.167. The summed E-state index contributed by atoms with van der Waals surface area (Å²) in [5, 5.41) is 0. The van der Waals surface area contributed by atoms with Gasteiger partial charge >= 0.3 is 17.9 Å². The van der Waals surface area contributed by atoms with Gasteiger partial charge in [0.25, 0.3) is 0 Å². The first-order chi connectivity index (χ1) is 40.0. The van der Waals surface area contributed by atoms with E-state index in [1.165, 1.54) is 257 Å². The number of rotatable bonds is 67. The van der Waals surface area contributed by atoms with Crippen LogP contribution in [0.25, 0.3) is 0 Å². The maximum Gasteiger partial charge on any atom is 0.306 e. The highest BCUT2D eigenvalue weighted by Gasteiger charge is 2.19. The van der Waals surface area contributed by atoms with Gasteiger partial charge in [-0.05, 0) is 57.8 Å². The van der Waals surface area contributed by atoms with Crippen LogP contribution in [0.5, 0.6) is 0 Å². The summed E-state index contributed by atoms with van der Waals surface area (Å²) in [5.41, 5.74) is 0. The molecule has 0 aliphatic carbocycles. The van der Waals surface area contributed by atoms with Crippen LogP contribution in [0.3, 0.4) is 0 Å². The van der Waals surface area contributed by atoms with Crippen LogP contribution >= 0.6 is 0 Å². The predicted octanol–water partition coefficient (Wildman–Crippen LogP) is 24.9. The van der Waals surface area contributed by atoms with E-state index in [2.05, 4.69) is 69.4 Å². The fourth-order valence-corrected chi connectivity index (χ4v) is 11.0. The van der Waals surface area contributed by atoms with Crippen molar-refractivity contribution < 1.29 is 28.6 Å². The van der Waals surface area contributed by atoms with Gasteiger partial charge in [0.1, 0.15) is 13.2 Å². The minimum absolute atomic E-state index is 0.0755. The molecular weight excluding hydrogens is 997 g/mol. The van der Waals surface area contributed by atoms with Crippen LogP contribution in [0.1, 0.15) is 393 Å². The van der Waals surface area contributed by atoms with E-state index in [9.17, 15) is 14.4 Å². The van der Waals surface area contributed by atoms with Gasteiger partial charge in [0.2, 0.25) is 0 Å². The van der Waals surface area contributed by atoms with E-state index in [-0.39, 0.29) is 31.1 Å². The van der Waals surface area contributed by atoms with Gasteiger partial charge in [-0.2, -0.15) is 0 Å². The van der Waals surface area contributed by atoms with Crippen LogP contribution in [-0.2, 0) is 28.6 Å². The fraction of sp³-hybridized carbons (Fsp3) is 0.853. The fourth-order valence-electron chi connectivity index (χ4n) is 11.0. The molecule has 0 aromatic heterocycles. The molecule has 0 saturated heterocycles. The van der Waals surface area contributed by atoms with Crippen LogP contribution in [0, 0.1) is 0 Å². The SMILES string of the molecule is CC/C=C\C/C=C\C/C=C\C/C=C\CCCCCCC(=O)OCC(COC(=O)CCCCCCCCCCCCCCCCCCCCCCCCC)OC(=O)CCCCCCCCCCCCCCCCCCCCCCCCC. The van der Waals surface area contributed by atoms with Crippen molar-refractivity contribution >= 4 is 17.9 Å². The summed E-state index contributed by atoms with van der Waals surface area (Å²) >= 11 is 0. The first-order valence-corrected chi connectivity index (χ1v) is 36.1. The lowest BCUT2D eigenvalue weighted by Crippen LogP contribution is -2.30. The minimum Gasteiger partial charge on any atom is -0.462 e. The zero-order chi connectivity index (χ0) is 58.5. The molecule has 0 amide bonds. The quantitative estimate of drug-likeness (QED) is 0.0261. The van der Waals surface area contributed by atoms with Gasteiger partial charge in [0, 0.05) is 19.3 Å². The number of hydrogen-bond acceptors (Lipinski definition) is 6. The first-order valence-electron chi connectivity index (χ1n) is 36.1. The molecule has 81 heavy (non-hydrogen) atoms. The predicted molar refractivity (Wildman–Crippen MR) is 353 cm³/mol. The smallest absolute Gasteiger partial charge is 0.306 e. The lowest BCUT2D eigenvalue weighted by Gasteiger charge is -2.18. The molecule has 0 aliphatic heterocycles. The number of carbonyl (C=O) groups is 3. The van der Waals surface area contributed by atoms with E-state index in [1.54, 1.807) is 0 Å². The van der Waals surface area contributed by atoms with Crippen LogP contribution in [0.2, 0.25) is 0 Å². The zero-order valence-corrected chi connectivity index (χ0v) is 54.6. The number of carbonyl (C=O) groups excluding carboxylic acids is 3. The van der Waals surface area contributed by atoms with E-state index in [0.717, 1.165) is 96.3 Å². The first kappa shape index (κ1) is 78.4. The van der Waals surface area contributed by atoms with Crippen molar-refractivity contribution in [2.24, 2.45) is 0 Å². The number of unbranched alkanes of at least 4 members (excludes halogenated alkanes) is 48. The second kappa shape index (κ2) is 69.9. The molecule has 0 aromatic rings. The Balaban J connectivity index is 4.30. The second-order valence-corrected chi connectivity index (χ2v) is 24.5. The number of ether oxygens (including phenoxy) is 3. The van der Waals surface area contributed by atoms with Crippen LogP contribution in [-0.4, -0.2) is 37.2 Å². The molecule has 0 aromatic carbocycles. The Labute approximate surface area is 505 Å². The lowest BCUT2D eigenvalue weighted by atomic mass is 10.0. The highest BCUT2D eigenvalue weighted by molar-refractivity contribution is 5.71. The summed E-state index contributed by atoms with van der Waals surface area (Å²) in [5.74, 6) is -0.870. The minimum atomic E-state index is -0.782. The summed E-state index contributed by atoms with van der Waals surface area (Å²) < 4.78 is 17.0. The average molecular weight is 1140 g/mol. The average Bonchev–Trinajstić information content (AvgIpc) is 3.47. The van der Waals surface area contributed by atoms with Crippen molar-refractivity contribution in [3.8, 4) is 0 Å².